The van der Waals surface area contributed by atoms with Crippen molar-refractivity contribution in [2.75, 3.05) is 0 Å². The van der Waals surface area contributed by atoms with Crippen LogP contribution in [0.4, 0.5) is 4.39 Å². The van der Waals surface area contributed by atoms with Crippen molar-refractivity contribution in [1.29, 1.82) is 0 Å². The number of aromatic nitrogens is 3. The maximum absolute atomic E-state index is 13.1. The van der Waals surface area contributed by atoms with E-state index >= 15 is 0 Å². The van der Waals surface area contributed by atoms with Crippen LogP contribution in [0.25, 0.3) is 11.4 Å². The number of halogens is 1. The van der Waals surface area contributed by atoms with Gasteiger partial charge in [0.05, 0.1) is 6.42 Å². The second-order valence-corrected chi connectivity index (χ2v) is 5.75. The summed E-state index contributed by atoms with van der Waals surface area (Å²) in [6, 6.07) is 5.91. The number of benzene rings is 1. The first kappa shape index (κ1) is 16.1. The van der Waals surface area contributed by atoms with E-state index in [1.807, 2.05) is 4.57 Å². The van der Waals surface area contributed by atoms with Gasteiger partial charge in [0.25, 0.3) is 0 Å². The van der Waals surface area contributed by atoms with E-state index in [1.54, 1.807) is 12.1 Å². The fraction of sp³-hybridized carbons (Fsp3) is 0.375. The minimum atomic E-state index is -0.992. The number of carbonyl (C=O) groups is 2. The minimum absolute atomic E-state index is 0.0360. The standard InChI is InChI=1S/C16H17FN4O3/c17-11-3-1-10(2-4-11)16-20-19-13-6-5-12(9-21(13)16)18-14(22)7-8-15(23)24/h1-4,12H,5-9H2,(H,18,22)(H,23,24). The largest absolute Gasteiger partial charge is 0.481 e. The lowest BCUT2D eigenvalue weighted by atomic mass is 10.1. The summed E-state index contributed by atoms with van der Waals surface area (Å²) >= 11 is 0. The molecule has 3 rings (SSSR count). The molecule has 7 nitrogen and oxygen atoms in total. The summed E-state index contributed by atoms with van der Waals surface area (Å²) in [7, 11) is 0. The average Bonchev–Trinajstić information content (AvgIpc) is 2.97. The Kier molecular flexibility index (Phi) is 4.54. The number of nitrogens with one attached hydrogen (secondary N) is 1. The van der Waals surface area contributed by atoms with Gasteiger partial charge in [-0.3, -0.25) is 9.59 Å². The van der Waals surface area contributed by atoms with Crippen LogP contribution in [0.5, 0.6) is 0 Å². The molecule has 0 bridgehead atoms. The van der Waals surface area contributed by atoms with Gasteiger partial charge in [0.15, 0.2) is 5.82 Å². The van der Waals surface area contributed by atoms with E-state index in [0.717, 1.165) is 17.8 Å². The summed E-state index contributed by atoms with van der Waals surface area (Å²) in [6.07, 6.45) is 1.17. The average molecular weight is 332 g/mol. The van der Waals surface area contributed by atoms with E-state index in [4.69, 9.17) is 5.11 Å². The molecule has 1 aromatic carbocycles. The summed E-state index contributed by atoms with van der Waals surface area (Å²) < 4.78 is 15.0. The molecular weight excluding hydrogens is 315 g/mol. The van der Waals surface area contributed by atoms with Crippen LogP contribution in [0.15, 0.2) is 24.3 Å². The first-order valence-electron chi connectivity index (χ1n) is 7.72. The van der Waals surface area contributed by atoms with Gasteiger partial charge in [0, 0.05) is 31.0 Å². The van der Waals surface area contributed by atoms with Gasteiger partial charge in [-0.2, -0.15) is 0 Å². The van der Waals surface area contributed by atoms with E-state index in [0.29, 0.717) is 18.8 Å². The number of aryl methyl sites for hydroxylation is 1. The van der Waals surface area contributed by atoms with E-state index in [2.05, 4.69) is 15.5 Å². The van der Waals surface area contributed by atoms with Crippen molar-refractivity contribution in [2.45, 2.75) is 38.3 Å². The molecule has 1 amide bonds. The number of hydrogen-bond donors (Lipinski definition) is 2. The maximum atomic E-state index is 13.1. The third-order valence-electron chi connectivity index (χ3n) is 3.98. The Morgan fingerprint density at radius 1 is 1.25 bits per heavy atom. The van der Waals surface area contributed by atoms with Gasteiger partial charge >= 0.3 is 5.97 Å². The van der Waals surface area contributed by atoms with E-state index < -0.39 is 5.97 Å². The summed E-state index contributed by atoms with van der Waals surface area (Å²) in [6.45, 7) is 0.508. The Hall–Kier alpha value is -2.77. The van der Waals surface area contributed by atoms with E-state index in [1.165, 1.54) is 12.1 Å². The molecular formula is C16H17FN4O3. The predicted octanol–water partition coefficient (Wildman–Crippen LogP) is 1.38. The number of carboxylic acid groups (broad SMARTS) is 1. The van der Waals surface area contributed by atoms with Crippen molar-refractivity contribution in [3.8, 4) is 11.4 Å². The van der Waals surface area contributed by atoms with Crippen molar-refractivity contribution >= 4 is 11.9 Å². The highest BCUT2D eigenvalue weighted by atomic mass is 19.1. The van der Waals surface area contributed by atoms with Crippen LogP contribution in [0.3, 0.4) is 0 Å². The number of hydrogen-bond acceptors (Lipinski definition) is 4. The Morgan fingerprint density at radius 3 is 2.71 bits per heavy atom. The molecule has 0 radical (unpaired) electrons. The summed E-state index contributed by atoms with van der Waals surface area (Å²) in [5.41, 5.74) is 0.757. The molecule has 8 heteroatoms. The predicted molar refractivity (Wildman–Crippen MR) is 82.5 cm³/mol. The highest BCUT2D eigenvalue weighted by molar-refractivity contribution is 5.80. The second-order valence-electron chi connectivity index (χ2n) is 5.75. The first-order valence-corrected chi connectivity index (χ1v) is 7.72. The van der Waals surface area contributed by atoms with Crippen LogP contribution in [-0.4, -0.2) is 37.8 Å². The fourth-order valence-corrected chi connectivity index (χ4v) is 2.78. The van der Waals surface area contributed by atoms with Crippen molar-refractivity contribution in [3.63, 3.8) is 0 Å². The fourth-order valence-electron chi connectivity index (χ4n) is 2.78. The smallest absolute Gasteiger partial charge is 0.303 e. The molecule has 24 heavy (non-hydrogen) atoms. The van der Waals surface area contributed by atoms with Crippen LogP contribution < -0.4 is 5.32 Å². The number of carboxylic acids is 1. The van der Waals surface area contributed by atoms with Crippen molar-refractivity contribution < 1.29 is 19.1 Å². The number of amides is 1. The van der Waals surface area contributed by atoms with Crippen LogP contribution in [-0.2, 0) is 22.6 Å². The molecule has 2 N–H and O–H groups in total. The number of aliphatic carboxylic acids is 1. The van der Waals surface area contributed by atoms with Gasteiger partial charge in [0.2, 0.25) is 5.91 Å². The number of carbonyl (C=O) groups excluding carboxylic acids is 1. The first-order chi connectivity index (χ1) is 11.5. The number of nitrogens with zero attached hydrogens (tertiary/aromatic N) is 3. The quantitative estimate of drug-likeness (QED) is 0.862. The maximum Gasteiger partial charge on any atom is 0.303 e. The molecule has 2 aromatic rings. The molecule has 1 aliphatic heterocycles. The molecule has 0 saturated carbocycles. The van der Waals surface area contributed by atoms with Gasteiger partial charge < -0.3 is 15.0 Å². The zero-order valence-corrected chi connectivity index (χ0v) is 12.9. The van der Waals surface area contributed by atoms with Gasteiger partial charge in [-0.1, -0.05) is 0 Å². The normalized spacial score (nSPS) is 16.5. The molecule has 1 atom stereocenters. The lowest BCUT2D eigenvalue weighted by molar-refractivity contribution is -0.139. The van der Waals surface area contributed by atoms with Crippen molar-refractivity contribution in [3.05, 3.63) is 35.9 Å². The number of rotatable bonds is 5. The van der Waals surface area contributed by atoms with Crippen LogP contribution in [0.1, 0.15) is 25.1 Å². The highest BCUT2D eigenvalue weighted by Crippen LogP contribution is 2.23. The zero-order chi connectivity index (χ0) is 17.1. The second kappa shape index (κ2) is 6.77. The lowest BCUT2D eigenvalue weighted by Crippen LogP contribution is -2.41. The Labute approximate surface area is 137 Å². The van der Waals surface area contributed by atoms with Crippen LogP contribution in [0.2, 0.25) is 0 Å². The Balaban J connectivity index is 1.71. The van der Waals surface area contributed by atoms with Gasteiger partial charge in [0.1, 0.15) is 11.6 Å². The topological polar surface area (TPSA) is 97.1 Å². The van der Waals surface area contributed by atoms with E-state index in [9.17, 15) is 14.0 Å². The van der Waals surface area contributed by atoms with Crippen LogP contribution in [0, 0.1) is 5.82 Å². The highest BCUT2D eigenvalue weighted by Gasteiger charge is 2.24. The molecule has 126 valence electrons. The zero-order valence-electron chi connectivity index (χ0n) is 12.9. The number of fused-ring (bicyclic) bond motifs is 1. The molecule has 1 unspecified atom stereocenters. The molecule has 0 fully saturated rings. The summed E-state index contributed by atoms with van der Waals surface area (Å²) in [4.78, 5) is 22.3. The Bertz CT molecular complexity index is 757. The van der Waals surface area contributed by atoms with Gasteiger partial charge in [-0.25, -0.2) is 4.39 Å². The summed E-state index contributed by atoms with van der Waals surface area (Å²) in [5, 5.41) is 19.8. The SMILES string of the molecule is O=C(O)CCC(=O)NC1CCc2nnc(-c3ccc(F)cc3)n2C1. The summed E-state index contributed by atoms with van der Waals surface area (Å²) in [5.74, 6) is -0.128. The van der Waals surface area contributed by atoms with Crippen molar-refractivity contribution in [1.82, 2.24) is 20.1 Å². The minimum Gasteiger partial charge on any atom is -0.481 e. The third-order valence-corrected chi connectivity index (χ3v) is 3.98. The van der Waals surface area contributed by atoms with E-state index in [-0.39, 0.29) is 30.6 Å². The molecule has 0 aliphatic carbocycles. The molecule has 1 aromatic heterocycles. The Morgan fingerprint density at radius 2 is 2.00 bits per heavy atom. The van der Waals surface area contributed by atoms with Crippen LogP contribution >= 0.6 is 0 Å². The lowest BCUT2D eigenvalue weighted by Gasteiger charge is -2.25. The van der Waals surface area contributed by atoms with Crippen molar-refractivity contribution in [2.24, 2.45) is 0 Å². The molecule has 0 spiro atoms. The monoisotopic (exact) mass is 332 g/mol. The molecule has 1 aliphatic rings. The third kappa shape index (κ3) is 3.58. The molecule has 0 saturated heterocycles. The van der Waals surface area contributed by atoms with Gasteiger partial charge in [-0.05, 0) is 30.7 Å². The van der Waals surface area contributed by atoms with Gasteiger partial charge in [-0.15, -0.1) is 10.2 Å². The molecule has 2 heterocycles.